The lowest BCUT2D eigenvalue weighted by molar-refractivity contribution is -0.138. The number of rotatable bonds is 1. The molecule has 0 heterocycles. The van der Waals surface area contributed by atoms with Crippen molar-refractivity contribution in [3.63, 3.8) is 0 Å². The van der Waals surface area contributed by atoms with E-state index in [2.05, 4.69) is 0 Å². The molecule has 1 aromatic carbocycles. The zero-order valence-corrected chi connectivity index (χ0v) is 6.90. The quantitative estimate of drug-likeness (QED) is 0.644. The molecule has 1 aromatic rings. The summed E-state index contributed by atoms with van der Waals surface area (Å²) in [5, 5.41) is 8.25. The minimum Gasteiger partial charge on any atom is -0.207 e. The SMILES string of the molecule is N#CCc1c(F)cccc1C(F)(F)F. The number of benzene rings is 1. The third-order valence-electron chi connectivity index (χ3n) is 1.68. The van der Waals surface area contributed by atoms with E-state index < -0.39 is 29.5 Å². The van der Waals surface area contributed by atoms with E-state index in [9.17, 15) is 17.6 Å². The van der Waals surface area contributed by atoms with E-state index in [-0.39, 0.29) is 0 Å². The van der Waals surface area contributed by atoms with E-state index in [4.69, 9.17) is 5.26 Å². The van der Waals surface area contributed by atoms with Crippen molar-refractivity contribution in [1.82, 2.24) is 0 Å². The Labute approximate surface area is 77.6 Å². The molecule has 0 aliphatic rings. The van der Waals surface area contributed by atoms with Crippen molar-refractivity contribution in [3.05, 3.63) is 35.1 Å². The van der Waals surface area contributed by atoms with Crippen LogP contribution < -0.4 is 0 Å². The summed E-state index contributed by atoms with van der Waals surface area (Å²) in [4.78, 5) is 0. The molecule has 14 heavy (non-hydrogen) atoms. The van der Waals surface area contributed by atoms with Crippen LogP contribution in [0.2, 0.25) is 0 Å². The molecule has 0 aliphatic carbocycles. The molecular formula is C9H5F4N. The monoisotopic (exact) mass is 203 g/mol. The Kier molecular flexibility index (Phi) is 2.75. The van der Waals surface area contributed by atoms with Crippen LogP contribution in [0.4, 0.5) is 17.6 Å². The average molecular weight is 203 g/mol. The van der Waals surface area contributed by atoms with Crippen molar-refractivity contribution >= 4 is 0 Å². The predicted molar refractivity (Wildman–Crippen MR) is 40.7 cm³/mol. The molecule has 0 N–H and O–H groups in total. The van der Waals surface area contributed by atoms with Crippen molar-refractivity contribution in [1.29, 1.82) is 5.26 Å². The molecule has 0 fully saturated rings. The maximum absolute atomic E-state index is 12.9. The molecule has 0 unspecified atom stereocenters. The molecule has 0 saturated carbocycles. The Morgan fingerprint density at radius 3 is 2.43 bits per heavy atom. The summed E-state index contributed by atoms with van der Waals surface area (Å²) in [7, 11) is 0. The van der Waals surface area contributed by atoms with Gasteiger partial charge in [-0.2, -0.15) is 18.4 Å². The minimum atomic E-state index is -4.62. The van der Waals surface area contributed by atoms with Crippen molar-refractivity contribution < 1.29 is 17.6 Å². The Morgan fingerprint density at radius 1 is 1.29 bits per heavy atom. The standard InChI is InChI=1S/C9H5F4N/c10-8-3-1-2-7(9(11,12)13)6(8)4-5-14/h1-3H,4H2. The van der Waals surface area contributed by atoms with Crippen molar-refractivity contribution in [2.24, 2.45) is 0 Å². The number of hydrogen-bond acceptors (Lipinski definition) is 1. The first-order valence-corrected chi connectivity index (χ1v) is 3.68. The van der Waals surface area contributed by atoms with Gasteiger partial charge >= 0.3 is 6.18 Å². The Bertz CT molecular complexity index is 375. The lowest BCUT2D eigenvalue weighted by Gasteiger charge is -2.10. The van der Waals surface area contributed by atoms with E-state index >= 15 is 0 Å². The highest BCUT2D eigenvalue weighted by Gasteiger charge is 2.34. The third-order valence-corrected chi connectivity index (χ3v) is 1.68. The fourth-order valence-corrected chi connectivity index (χ4v) is 1.08. The Hall–Kier alpha value is -1.57. The molecule has 1 rings (SSSR count). The molecule has 0 saturated heterocycles. The fourth-order valence-electron chi connectivity index (χ4n) is 1.08. The number of halogens is 4. The van der Waals surface area contributed by atoms with Crippen LogP contribution in [0.15, 0.2) is 18.2 Å². The van der Waals surface area contributed by atoms with Gasteiger partial charge in [-0.1, -0.05) is 6.07 Å². The van der Waals surface area contributed by atoms with Gasteiger partial charge in [0.2, 0.25) is 0 Å². The van der Waals surface area contributed by atoms with Crippen LogP contribution in [0.3, 0.4) is 0 Å². The number of alkyl halides is 3. The van der Waals surface area contributed by atoms with Gasteiger partial charge in [-0.15, -0.1) is 0 Å². The molecular weight excluding hydrogens is 198 g/mol. The van der Waals surface area contributed by atoms with Gasteiger partial charge in [0.15, 0.2) is 0 Å². The summed E-state index contributed by atoms with van der Waals surface area (Å²) < 4.78 is 49.7. The normalized spacial score (nSPS) is 11.1. The lowest BCUT2D eigenvalue weighted by atomic mass is 10.0. The second-order valence-corrected chi connectivity index (χ2v) is 2.60. The second kappa shape index (κ2) is 3.66. The van der Waals surface area contributed by atoms with Crippen molar-refractivity contribution in [3.8, 4) is 6.07 Å². The van der Waals surface area contributed by atoms with Crippen LogP contribution in [0.25, 0.3) is 0 Å². The first-order valence-electron chi connectivity index (χ1n) is 3.68. The van der Waals surface area contributed by atoms with Crippen molar-refractivity contribution in [2.45, 2.75) is 12.6 Å². The van der Waals surface area contributed by atoms with Gasteiger partial charge in [-0.25, -0.2) is 4.39 Å². The zero-order chi connectivity index (χ0) is 10.8. The molecule has 0 bridgehead atoms. The van der Waals surface area contributed by atoms with Gasteiger partial charge in [0.1, 0.15) is 5.82 Å². The maximum Gasteiger partial charge on any atom is 0.416 e. The molecule has 0 atom stereocenters. The van der Waals surface area contributed by atoms with Crippen LogP contribution in [0.5, 0.6) is 0 Å². The lowest BCUT2D eigenvalue weighted by Crippen LogP contribution is -2.10. The molecule has 5 heteroatoms. The number of hydrogen-bond donors (Lipinski definition) is 0. The van der Waals surface area contributed by atoms with E-state index in [1.54, 1.807) is 0 Å². The first-order chi connectivity index (χ1) is 6.46. The van der Waals surface area contributed by atoms with Crippen LogP contribution in [-0.2, 0) is 12.6 Å². The fraction of sp³-hybridized carbons (Fsp3) is 0.222. The van der Waals surface area contributed by atoms with Crippen LogP contribution in [-0.4, -0.2) is 0 Å². The topological polar surface area (TPSA) is 23.8 Å². The third kappa shape index (κ3) is 2.02. The summed E-state index contributed by atoms with van der Waals surface area (Å²) in [5.41, 5.74) is -1.68. The molecule has 1 nitrogen and oxygen atoms in total. The molecule has 0 aromatic heterocycles. The van der Waals surface area contributed by atoms with Gasteiger partial charge in [-0.05, 0) is 12.1 Å². The van der Waals surface area contributed by atoms with Gasteiger partial charge in [-0.3, -0.25) is 0 Å². The smallest absolute Gasteiger partial charge is 0.207 e. The average Bonchev–Trinajstić information content (AvgIpc) is 2.07. The number of nitrogens with zero attached hydrogens (tertiary/aromatic N) is 1. The summed E-state index contributed by atoms with van der Waals surface area (Å²) in [6, 6.07) is 4.13. The highest BCUT2D eigenvalue weighted by Crippen LogP contribution is 2.33. The molecule has 0 spiro atoms. The Morgan fingerprint density at radius 2 is 1.93 bits per heavy atom. The molecule has 0 amide bonds. The second-order valence-electron chi connectivity index (χ2n) is 2.60. The van der Waals surface area contributed by atoms with Gasteiger partial charge in [0.05, 0.1) is 18.1 Å². The molecule has 0 aliphatic heterocycles. The first kappa shape index (κ1) is 10.5. The van der Waals surface area contributed by atoms with Crippen LogP contribution >= 0.6 is 0 Å². The highest BCUT2D eigenvalue weighted by atomic mass is 19.4. The summed E-state index contributed by atoms with van der Waals surface area (Å²) >= 11 is 0. The van der Waals surface area contributed by atoms with Gasteiger partial charge in [0.25, 0.3) is 0 Å². The van der Waals surface area contributed by atoms with E-state index in [1.165, 1.54) is 6.07 Å². The molecule has 74 valence electrons. The van der Waals surface area contributed by atoms with E-state index in [1.807, 2.05) is 0 Å². The van der Waals surface area contributed by atoms with Crippen molar-refractivity contribution in [2.75, 3.05) is 0 Å². The zero-order valence-electron chi connectivity index (χ0n) is 6.90. The van der Waals surface area contributed by atoms with Crippen LogP contribution in [0.1, 0.15) is 11.1 Å². The predicted octanol–water partition coefficient (Wildman–Crippen LogP) is 2.91. The highest BCUT2D eigenvalue weighted by molar-refractivity contribution is 5.33. The number of nitriles is 1. The minimum absolute atomic E-state index is 0.582. The summed E-state index contributed by atoms with van der Waals surface area (Å²) in [5.74, 6) is -0.999. The van der Waals surface area contributed by atoms with E-state index in [0.717, 1.165) is 18.2 Å². The van der Waals surface area contributed by atoms with Gasteiger partial charge < -0.3 is 0 Å². The van der Waals surface area contributed by atoms with E-state index in [0.29, 0.717) is 0 Å². The Balaban J connectivity index is 3.30. The van der Waals surface area contributed by atoms with Crippen LogP contribution in [0, 0.1) is 17.1 Å². The summed E-state index contributed by atoms with van der Waals surface area (Å²) in [6.07, 6.45) is -5.20. The largest absolute Gasteiger partial charge is 0.416 e. The molecule has 0 radical (unpaired) electrons. The maximum atomic E-state index is 12.9. The van der Waals surface area contributed by atoms with Gasteiger partial charge in [0, 0.05) is 5.56 Å². The summed E-state index contributed by atoms with van der Waals surface area (Å²) in [6.45, 7) is 0.